The first-order chi connectivity index (χ1) is 8.93. The number of Topliss-reactive ketones (excluding diaryl/α,β-unsaturated/α-hetero) is 1. The first kappa shape index (κ1) is 17.9. The summed E-state index contributed by atoms with van der Waals surface area (Å²) in [6.45, 7) is 8.70. The Balaban J connectivity index is 0. The maximum Gasteiger partial charge on any atom is 0.243 e. The van der Waals surface area contributed by atoms with E-state index in [0.29, 0.717) is 18.1 Å². The van der Waals surface area contributed by atoms with Crippen LogP contribution in [-0.4, -0.2) is 18.2 Å². The Hall–Kier alpha value is -1.12. The number of hydrogen-bond acceptors (Lipinski definition) is 2. The number of rotatable bonds is 10. The SMILES string of the molecule is CC(C)/C=C/C(=O)NCCCCCCC(=O)C(C)C.[HH]. The van der Waals surface area contributed by atoms with Crippen molar-refractivity contribution in [1.82, 2.24) is 5.32 Å². The fraction of sp³-hybridized carbons (Fsp3) is 0.750. The summed E-state index contributed by atoms with van der Waals surface area (Å²) in [6, 6.07) is 0. The highest BCUT2D eigenvalue weighted by atomic mass is 16.1. The number of nitrogens with one attached hydrogen (secondary N) is 1. The van der Waals surface area contributed by atoms with E-state index in [1.165, 1.54) is 0 Å². The predicted octanol–water partition coefficient (Wildman–Crippen LogP) is 3.74. The number of ketones is 1. The third-order valence-electron chi connectivity index (χ3n) is 2.93. The molecule has 0 atom stereocenters. The first-order valence-corrected chi connectivity index (χ1v) is 7.42. The molecule has 0 aromatic rings. The minimum Gasteiger partial charge on any atom is -0.353 e. The van der Waals surface area contributed by atoms with Crippen LogP contribution < -0.4 is 5.32 Å². The van der Waals surface area contributed by atoms with Gasteiger partial charge in [0.1, 0.15) is 5.78 Å². The standard InChI is InChI=1S/C16H29NO2.H2/c1-13(2)10-11-16(19)17-12-8-6-5-7-9-15(18)14(3)4;/h10-11,13-14H,5-9,12H2,1-4H3,(H,17,19);1H/b11-10+;. The summed E-state index contributed by atoms with van der Waals surface area (Å²) in [5.41, 5.74) is 0. The van der Waals surface area contributed by atoms with Gasteiger partial charge >= 0.3 is 0 Å². The Kier molecular flexibility index (Phi) is 10.1. The molecule has 0 unspecified atom stereocenters. The molecule has 112 valence electrons. The van der Waals surface area contributed by atoms with Gasteiger partial charge < -0.3 is 5.32 Å². The van der Waals surface area contributed by atoms with Crippen LogP contribution in [0.15, 0.2) is 12.2 Å². The number of unbranched alkanes of at least 4 members (excludes halogenated alkanes) is 3. The van der Waals surface area contributed by atoms with Gasteiger partial charge in [0.05, 0.1) is 0 Å². The second-order valence-electron chi connectivity index (χ2n) is 5.68. The van der Waals surface area contributed by atoms with Crippen LogP contribution >= 0.6 is 0 Å². The van der Waals surface area contributed by atoms with Gasteiger partial charge in [0.2, 0.25) is 5.91 Å². The molecule has 0 heterocycles. The Morgan fingerprint density at radius 2 is 1.68 bits per heavy atom. The van der Waals surface area contributed by atoms with Gasteiger partial charge in [-0.25, -0.2) is 0 Å². The molecule has 0 spiro atoms. The molecule has 0 fully saturated rings. The van der Waals surface area contributed by atoms with Crippen molar-refractivity contribution in [1.29, 1.82) is 0 Å². The molecular weight excluding hydrogens is 238 g/mol. The molecular formula is C16H31NO2. The number of carbonyl (C=O) groups excluding carboxylic acids is 2. The first-order valence-electron chi connectivity index (χ1n) is 7.42. The Labute approximate surface area is 119 Å². The predicted molar refractivity (Wildman–Crippen MR) is 82.0 cm³/mol. The van der Waals surface area contributed by atoms with Gasteiger partial charge in [0.25, 0.3) is 0 Å². The molecule has 0 aliphatic heterocycles. The third-order valence-corrected chi connectivity index (χ3v) is 2.93. The Morgan fingerprint density at radius 1 is 1.05 bits per heavy atom. The van der Waals surface area contributed by atoms with Crippen molar-refractivity contribution in [2.24, 2.45) is 11.8 Å². The highest BCUT2D eigenvalue weighted by Crippen LogP contribution is 2.07. The molecule has 1 amide bonds. The average Bonchev–Trinajstić information content (AvgIpc) is 2.34. The van der Waals surface area contributed by atoms with Crippen LogP contribution in [0.2, 0.25) is 0 Å². The van der Waals surface area contributed by atoms with E-state index in [-0.39, 0.29) is 13.3 Å². The van der Waals surface area contributed by atoms with Crippen molar-refractivity contribution in [3.63, 3.8) is 0 Å². The molecule has 1 N–H and O–H groups in total. The lowest BCUT2D eigenvalue weighted by molar-refractivity contribution is -0.122. The normalized spacial score (nSPS) is 11.5. The van der Waals surface area contributed by atoms with Crippen LogP contribution in [0.3, 0.4) is 0 Å². The smallest absolute Gasteiger partial charge is 0.243 e. The minimum atomic E-state index is -0.0105. The lowest BCUT2D eigenvalue weighted by Gasteiger charge is -2.04. The molecule has 0 aliphatic rings. The molecule has 3 nitrogen and oxygen atoms in total. The van der Waals surface area contributed by atoms with E-state index >= 15 is 0 Å². The van der Waals surface area contributed by atoms with Gasteiger partial charge in [0.15, 0.2) is 0 Å². The van der Waals surface area contributed by atoms with E-state index in [4.69, 9.17) is 0 Å². The number of hydrogen-bond donors (Lipinski definition) is 1. The van der Waals surface area contributed by atoms with Gasteiger partial charge in [-0.3, -0.25) is 9.59 Å². The summed E-state index contributed by atoms with van der Waals surface area (Å²) in [5.74, 6) is 0.909. The molecule has 0 aromatic carbocycles. The molecule has 0 aliphatic carbocycles. The summed E-state index contributed by atoms with van der Waals surface area (Å²) < 4.78 is 0. The van der Waals surface area contributed by atoms with E-state index in [1.54, 1.807) is 6.08 Å². The summed E-state index contributed by atoms with van der Waals surface area (Å²) in [7, 11) is 0. The maximum atomic E-state index is 11.4. The zero-order chi connectivity index (χ0) is 14.7. The molecule has 0 saturated heterocycles. The molecule has 0 radical (unpaired) electrons. The fourth-order valence-electron chi connectivity index (χ4n) is 1.62. The Bertz CT molecular complexity index is 299. The van der Waals surface area contributed by atoms with Crippen molar-refractivity contribution in [2.75, 3.05) is 6.54 Å². The van der Waals surface area contributed by atoms with E-state index < -0.39 is 0 Å². The van der Waals surface area contributed by atoms with E-state index in [0.717, 1.165) is 32.2 Å². The lowest BCUT2D eigenvalue weighted by atomic mass is 10.0. The van der Waals surface area contributed by atoms with Crippen molar-refractivity contribution in [3.8, 4) is 0 Å². The minimum absolute atomic E-state index is 0. The second kappa shape index (κ2) is 10.8. The summed E-state index contributed by atoms with van der Waals surface area (Å²) in [4.78, 5) is 22.7. The summed E-state index contributed by atoms with van der Waals surface area (Å²) in [5, 5.41) is 2.86. The average molecular weight is 269 g/mol. The van der Waals surface area contributed by atoms with Crippen molar-refractivity contribution in [2.45, 2.75) is 59.8 Å². The van der Waals surface area contributed by atoms with E-state index in [9.17, 15) is 9.59 Å². The van der Waals surface area contributed by atoms with Gasteiger partial charge in [-0.1, -0.05) is 46.6 Å². The highest BCUT2D eigenvalue weighted by molar-refractivity contribution is 5.87. The van der Waals surface area contributed by atoms with Gasteiger partial charge in [-0.15, -0.1) is 0 Å². The van der Waals surface area contributed by atoms with E-state index in [1.807, 2.05) is 33.8 Å². The van der Waals surface area contributed by atoms with Crippen LogP contribution in [-0.2, 0) is 9.59 Å². The van der Waals surface area contributed by atoms with E-state index in [2.05, 4.69) is 5.32 Å². The highest BCUT2D eigenvalue weighted by Gasteiger charge is 2.05. The second-order valence-corrected chi connectivity index (χ2v) is 5.68. The van der Waals surface area contributed by atoms with Gasteiger partial charge in [0, 0.05) is 20.3 Å². The molecule has 0 saturated carbocycles. The topological polar surface area (TPSA) is 46.2 Å². The molecule has 3 heteroatoms. The van der Waals surface area contributed by atoms with Crippen LogP contribution in [0.4, 0.5) is 0 Å². The van der Waals surface area contributed by atoms with Gasteiger partial charge in [-0.2, -0.15) is 0 Å². The quantitative estimate of drug-likeness (QED) is 0.485. The molecule has 0 bridgehead atoms. The van der Waals surface area contributed by atoms with Crippen molar-refractivity contribution < 1.29 is 11.0 Å². The lowest BCUT2D eigenvalue weighted by Crippen LogP contribution is -2.22. The van der Waals surface area contributed by atoms with Crippen LogP contribution in [0.25, 0.3) is 0 Å². The number of carbonyl (C=O) groups is 2. The molecule has 0 aromatic heterocycles. The molecule has 19 heavy (non-hydrogen) atoms. The zero-order valence-electron chi connectivity index (χ0n) is 12.9. The number of allylic oxidation sites excluding steroid dienone is 1. The van der Waals surface area contributed by atoms with Crippen molar-refractivity contribution in [3.05, 3.63) is 12.2 Å². The number of amides is 1. The monoisotopic (exact) mass is 269 g/mol. The fourth-order valence-corrected chi connectivity index (χ4v) is 1.62. The van der Waals surface area contributed by atoms with Gasteiger partial charge in [-0.05, 0) is 24.8 Å². The summed E-state index contributed by atoms with van der Waals surface area (Å²) >= 11 is 0. The zero-order valence-corrected chi connectivity index (χ0v) is 12.9. The largest absolute Gasteiger partial charge is 0.353 e. The summed E-state index contributed by atoms with van der Waals surface area (Å²) in [6.07, 6.45) is 8.28. The third kappa shape index (κ3) is 11.7. The van der Waals surface area contributed by atoms with Crippen LogP contribution in [0.1, 0.15) is 61.2 Å². The van der Waals surface area contributed by atoms with Crippen molar-refractivity contribution >= 4 is 11.7 Å². The Morgan fingerprint density at radius 3 is 2.26 bits per heavy atom. The van der Waals surface area contributed by atoms with Crippen LogP contribution in [0.5, 0.6) is 0 Å². The molecule has 0 rings (SSSR count). The van der Waals surface area contributed by atoms with Crippen LogP contribution in [0, 0.1) is 11.8 Å². The maximum absolute atomic E-state index is 11.4.